The fourth-order valence-corrected chi connectivity index (χ4v) is 14.7. The van der Waals surface area contributed by atoms with E-state index in [0.717, 1.165) is 154 Å². The number of likely N-dealkylation sites (tertiary alicyclic amines) is 4. The quantitative estimate of drug-likeness (QED) is 0.310. The Morgan fingerprint density at radius 2 is 1.08 bits per heavy atom. The molecule has 8 aliphatic rings. The molecule has 0 aromatic heterocycles. The standard InChI is InChI=1S/C25H37N3O3S.C13H13NO.C11H23N3O2S/c1-2-27-12-9-20(10-13-27)28-14-11-21(16-28)32(30,31)17-24(29)26-25-22-7-3-5-18(22)15-19-6-4-8-23(19)25;14-8-15-13-11-5-1-3-9(11)7-10-4-2-6-12(10)13;1-2-13-6-3-10(4-7-13)14-8-5-11(9-14)17(12,15)16/h15,20-21H,2-14,16-17H2,1H3,(H,26,29);7H,1-6H2;10-11H,2-9H2,1H3,(H2,12,15,16). The lowest BCUT2D eigenvalue weighted by molar-refractivity contribution is -0.113. The Morgan fingerprint density at radius 3 is 1.50 bits per heavy atom. The highest BCUT2D eigenvalue weighted by Crippen LogP contribution is 2.41. The number of hydrogen-bond acceptors (Lipinski definition) is 11. The van der Waals surface area contributed by atoms with Gasteiger partial charge in [-0.2, -0.15) is 0 Å². The first kappa shape index (κ1) is 47.4. The first-order valence-corrected chi connectivity index (χ1v) is 28.0. The Balaban J connectivity index is 0.000000146. The molecule has 0 bridgehead atoms. The molecule has 1 amide bonds. The van der Waals surface area contributed by atoms with Crippen LogP contribution in [0.25, 0.3) is 0 Å². The largest absolute Gasteiger partial charge is 0.387 e. The molecule has 15 heteroatoms. The fourth-order valence-electron chi connectivity index (χ4n) is 12.3. The van der Waals surface area contributed by atoms with E-state index in [2.05, 4.69) is 50.9 Å². The van der Waals surface area contributed by atoms with E-state index in [1.165, 1.54) is 57.3 Å². The van der Waals surface area contributed by atoms with Gasteiger partial charge in [0.05, 0.1) is 10.5 Å². The summed E-state index contributed by atoms with van der Waals surface area (Å²) < 4.78 is 54.1. The van der Waals surface area contributed by atoms with Gasteiger partial charge in [0.15, 0.2) is 9.84 Å². The number of hydrogen-bond donors (Lipinski definition) is 2. The van der Waals surface area contributed by atoms with Crippen molar-refractivity contribution in [3.05, 3.63) is 56.6 Å². The van der Waals surface area contributed by atoms with E-state index in [9.17, 15) is 21.6 Å². The fraction of sp³-hybridized carbons (Fsp3) is 0.714. The number of sulfonamides is 1. The van der Waals surface area contributed by atoms with Gasteiger partial charge in [-0.25, -0.2) is 22.0 Å². The molecular formula is C49H73N7O6S2. The van der Waals surface area contributed by atoms with E-state index < -0.39 is 30.9 Å². The molecule has 4 heterocycles. The van der Waals surface area contributed by atoms with Gasteiger partial charge in [0.2, 0.25) is 15.9 Å². The van der Waals surface area contributed by atoms with Crippen LogP contribution in [0.2, 0.25) is 0 Å². The summed E-state index contributed by atoms with van der Waals surface area (Å²) in [4.78, 5) is 22.5. The van der Waals surface area contributed by atoms with Gasteiger partial charge in [-0.1, -0.05) is 26.0 Å². The Bertz CT molecular complexity index is 2200. The normalized spacial score (nSPS) is 24.2. The highest BCUT2D eigenvalue weighted by molar-refractivity contribution is 7.92. The maximum atomic E-state index is 13.1. The van der Waals surface area contributed by atoms with E-state index in [1.54, 1.807) is 0 Å². The van der Waals surface area contributed by atoms with Gasteiger partial charge in [0.1, 0.15) is 11.5 Å². The second kappa shape index (κ2) is 20.8. The number of piperidine rings is 2. The van der Waals surface area contributed by atoms with E-state index >= 15 is 0 Å². The third-order valence-electron chi connectivity index (χ3n) is 16.0. The van der Waals surface area contributed by atoms with Crippen molar-refractivity contribution in [1.82, 2.24) is 19.6 Å². The summed E-state index contributed by atoms with van der Waals surface area (Å²) in [5.41, 5.74) is 11.6. The number of rotatable bonds is 10. The van der Waals surface area contributed by atoms with Gasteiger partial charge >= 0.3 is 0 Å². The molecule has 4 saturated heterocycles. The zero-order valence-corrected chi connectivity index (χ0v) is 40.2. The number of nitrogens with two attached hydrogens (primary N) is 1. The van der Waals surface area contributed by atoms with Crippen molar-refractivity contribution in [3.63, 3.8) is 0 Å². The van der Waals surface area contributed by atoms with Crippen LogP contribution in [-0.2, 0) is 76.0 Å². The number of sulfone groups is 1. The number of anilines is 1. The SMILES string of the molecule is CCN1CCC(N2CCC(S(=O)(=O)CC(=O)Nc3c4c(cc5c3CCC5)CCC4)C2)CC1.CCN1CCC(N2CCC(S(N)(=O)=O)C2)CC1.N#COc1c2c(cc3c1CCC3)CCC2. The van der Waals surface area contributed by atoms with Gasteiger partial charge in [-0.05, 0) is 212 Å². The van der Waals surface area contributed by atoms with Gasteiger partial charge in [0, 0.05) is 30.9 Å². The molecule has 10 rings (SSSR count). The van der Waals surface area contributed by atoms with E-state index in [0.29, 0.717) is 38.0 Å². The molecule has 0 spiro atoms. The Hall–Kier alpha value is -3.10. The molecular weight excluding hydrogens is 847 g/mol. The van der Waals surface area contributed by atoms with Crippen LogP contribution in [0.1, 0.15) is 123 Å². The average molecular weight is 920 g/mol. The van der Waals surface area contributed by atoms with Gasteiger partial charge < -0.3 is 19.9 Å². The van der Waals surface area contributed by atoms with Crippen molar-refractivity contribution in [2.24, 2.45) is 5.14 Å². The predicted octanol–water partition coefficient (Wildman–Crippen LogP) is 4.93. The zero-order valence-electron chi connectivity index (χ0n) is 38.5. The lowest BCUT2D eigenvalue weighted by atomic mass is 9.98. The molecule has 13 nitrogen and oxygen atoms in total. The number of nitriles is 1. The molecule has 352 valence electrons. The van der Waals surface area contributed by atoms with Gasteiger partial charge in [-0.15, -0.1) is 5.26 Å². The van der Waals surface area contributed by atoms with Crippen molar-refractivity contribution >= 4 is 31.5 Å². The van der Waals surface area contributed by atoms with Crippen molar-refractivity contribution in [1.29, 1.82) is 5.26 Å². The minimum absolute atomic E-state index is 0.341. The van der Waals surface area contributed by atoms with E-state index in [-0.39, 0.29) is 11.2 Å². The highest BCUT2D eigenvalue weighted by atomic mass is 32.2. The number of primary sulfonamides is 1. The molecule has 2 aromatic rings. The summed E-state index contributed by atoms with van der Waals surface area (Å²) in [5.74, 6) is 0.159. The number of fused-ring (bicyclic) bond motifs is 4. The first-order valence-electron chi connectivity index (χ1n) is 24.7. The minimum Gasteiger partial charge on any atom is -0.387 e. The van der Waals surface area contributed by atoms with Crippen LogP contribution in [0, 0.1) is 11.5 Å². The lowest BCUT2D eigenvalue weighted by Crippen LogP contribution is -2.44. The summed E-state index contributed by atoms with van der Waals surface area (Å²) in [6, 6.07) is 5.72. The molecule has 4 fully saturated rings. The number of aryl methyl sites for hydroxylation is 4. The second-order valence-corrected chi connectivity index (χ2v) is 23.8. The topological polar surface area (TPSA) is 169 Å². The van der Waals surface area contributed by atoms with E-state index in [4.69, 9.17) is 15.1 Å². The molecule has 0 saturated carbocycles. The Labute approximate surface area is 383 Å². The van der Waals surface area contributed by atoms with Crippen molar-refractivity contribution in [2.75, 3.05) is 76.5 Å². The number of carbonyl (C=O) groups is 1. The van der Waals surface area contributed by atoms with Crippen LogP contribution in [0.15, 0.2) is 12.1 Å². The van der Waals surface area contributed by atoms with Crippen LogP contribution in [-0.4, -0.2) is 136 Å². The number of benzene rings is 2. The highest BCUT2D eigenvalue weighted by Gasteiger charge is 2.39. The number of ether oxygens (including phenoxy) is 1. The summed E-state index contributed by atoms with van der Waals surface area (Å²) >= 11 is 0. The molecule has 2 unspecified atom stereocenters. The third-order valence-corrected chi connectivity index (χ3v) is 19.4. The number of amides is 1. The molecule has 64 heavy (non-hydrogen) atoms. The van der Waals surface area contributed by atoms with Crippen LogP contribution < -0.4 is 15.2 Å². The molecule has 0 radical (unpaired) electrons. The Kier molecular flexibility index (Phi) is 15.4. The Morgan fingerprint density at radius 1 is 0.656 bits per heavy atom. The maximum Gasteiger partial charge on any atom is 0.292 e. The average Bonchev–Trinajstić information content (AvgIpc) is 4.14. The van der Waals surface area contributed by atoms with E-state index in [1.807, 2.05) is 6.26 Å². The van der Waals surface area contributed by atoms with Crippen molar-refractivity contribution in [3.8, 4) is 12.0 Å². The summed E-state index contributed by atoms with van der Waals surface area (Å²) in [6.07, 6.45) is 21.0. The second-order valence-electron chi connectivity index (χ2n) is 19.7. The minimum atomic E-state index is -3.46. The zero-order chi connectivity index (χ0) is 45.0. The van der Waals surface area contributed by atoms with Crippen molar-refractivity contribution < 1.29 is 26.4 Å². The van der Waals surface area contributed by atoms with Crippen molar-refractivity contribution in [2.45, 2.75) is 152 Å². The molecule has 3 N–H and O–H groups in total. The van der Waals surface area contributed by atoms with Crippen LogP contribution in [0.3, 0.4) is 0 Å². The molecule has 2 aromatic carbocycles. The maximum absolute atomic E-state index is 13.1. The predicted molar refractivity (Wildman–Crippen MR) is 253 cm³/mol. The van der Waals surface area contributed by atoms with Crippen LogP contribution >= 0.6 is 0 Å². The third kappa shape index (κ3) is 10.9. The summed E-state index contributed by atoms with van der Waals surface area (Å²) in [6.45, 7) is 14.0. The smallest absolute Gasteiger partial charge is 0.292 e. The molecule has 4 aliphatic carbocycles. The van der Waals surface area contributed by atoms with Gasteiger partial charge in [-0.3, -0.25) is 14.6 Å². The number of carbonyl (C=O) groups excluding carboxylic acids is 1. The van der Waals surface area contributed by atoms with Gasteiger partial charge in [0.25, 0.3) is 6.26 Å². The summed E-state index contributed by atoms with van der Waals surface area (Å²) in [7, 11) is -6.80. The van der Waals surface area contributed by atoms with Crippen LogP contribution in [0.4, 0.5) is 5.69 Å². The molecule has 2 atom stereocenters. The molecule has 4 aliphatic heterocycles. The number of nitrogens with one attached hydrogen (secondary N) is 1. The lowest BCUT2D eigenvalue weighted by Gasteiger charge is -2.36. The monoisotopic (exact) mass is 920 g/mol. The number of nitrogens with zero attached hydrogens (tertiary/aromatic N) is 5. The van der Waals surface area contributed by atoms with Crippen LogP contribution in [0.5, 0.6) is 5.75 Å². The first-order chi connectivity index (χ1) is 30.8. The summed E-state index contributed by atoms with van der Waals surface area (Å²) in [5, 5.41) is 16.2.